The molecule has 2 nitrogen and oxygen atoms in total. The van der Waals surface area contributed by atoms with Crippen LogP contribution in [0, 0.1) is 6.92 Å². The molecule has 1 atom stereocenters. The fourth-order valence-corrected chi connectivity index (χ4v) is 4.18. The van der Waals surface area contributed by atoms with Crippen molar-refractivity contribution in [1.82, 2.24) is 9.97 Å². The topological polar surface area (TPSA) is 25.8 Å². The van der Waals surface area contributed by atoms with Crippen LogP contribution < -0.4 is 0 Å². The van der Waals surface area contributed by atoms with E-state index in [1.54, 1.807) is 6.07 Å². The van der Waals surface area contributed by atoms with Crippen LogP contribution >= 0.6 is 35.1 Å². The Morgan fingerprint density at radius 2 is 2.29 bits per heavy atom. The summed E-state index contributed by atoms with van der Waals surface area (Å²) in [6.07, 6.45) is 0. The number of nitrogens with zero attached hydrogens (tertiary/aromatic N) is 2. The summed E-state index contributed by atoms with van der Waals surface area (Å²) in [5, 5.41) is 0.981. The maximum Gasteiger partial charge on any atom is 0.144 e. The third-order valence-electron chi connectivity index (χ3n) is 1.94. The van der Waals surface area contributed by atoms with Gasteiger partial charge in [-0.2, -0.15) is 11.8 Å². The number of halogens is 1. The highest BCUT2D eigenvalue weighted by Gasteiger charge is 2.19. The van der Waals surface area contributed by atoms with Crippen LogP contribution in [0.5, 0.6) is 0 Å². The highest BCUT2D eigenvalue weighted by Crippen LogP contribution is 2.35. The molecule has 0 aliphatic carbocycles. The molecular weight excluding hydrogens is 236 g/mol. The minimum atomic E-state index is 0.422. The number of aromatic nitrogens is 2. The number of hydrogen-bond acceptors (Lipinski definition) is 4. The predicted octanol–water partition coefficient (Wildman–Crippen LogP) is 2.96. The minimum absolute atomic E-state index is 0.422. The normalized spacial score (nSPS) is 22.3. The molecule has 1 fully saturated rings. The van der Waals surface area contributed by atoms with Crippen LogP contribution in [0.15, 0.2) is 6.07 Å². The molecule has 0 spiro atoms. The summed E-state index contributed by atoms with van der Waals surface area (Å²) in [7, 11) is 0. The summed E-state index contributed by atoms with van der Waals surface area (Å²) >= 11 is 9.80. The van der Waals surface area contributed by atoms with Crippen LogP contribution in [0.2, 0.25) is 5.15 Å². The first-order valence-electron chi connectivity index (χ1n) is 4.46. The molecule has 14 heavy (non-hydrogen) atoms. The monoisotopic (exact) mass is 246 g/mol. The maximum atomic E-state index is 5.90. The van der Waals surface area contributed by atoms with Crippen molar-refractivity contribution < 1.29 is 0 Å². The zero-order chi connectivity index (χ0) is 9.97. The van der Waals surface area contributed by atoms with Crippen molar-refractivity contribution in [2.75, 3.05) is 17.3 Å². The van der Waals surface area contributed by atoms with E-state index in [9.17, 15) is 0 Å². The van der Waals surface area contributed by atoms with E-state index in [1.807, 2.05) is 30.4 Å². The maximum absolute atomic E-state index is 5.90. The molecule has 0 radical (unpaired) electrons. The van der Waals surface area contributed by atoms with E-state index in [0.29, 0.717) is 10.4 Å². The number of rotatable bonds is 1. The Hall–Kier alpha value is 0.0700. The lowest BCUT2D eigenvalue weighted by molar-refractivity contribution is 0.904. The lowest BCUT2D eigenvalue weighted by Crippen LogP contribution is -2.10. The Labute approximate surface area is 97.2 Å². The Bertz CT molecular complexity index is 306. The molecule has 1 aliphatic heterocycles. The van der Waals surface area contributed by atoms with Gasteiger partial charge in [0.25, 0.3) is 0 Å². The fourth-order valence-electron chi connectivity index (χ4n) is 1.33. The first-order chi connectivity index (χ1) is 6.75. The van der Waals surface area contributed by atoms with Gasteiger partial charge in [-0.05, 0) is 13.0 Å². The van der Waals surface area contributed by atoms with Crippen LogP contribution in [-0.4, -0.2) is 27.2 Å². The average molecular weight is 247 g/mol. The van der Waals surface area contributed by atoms with Crippen LogP contribution in [0.4, 0.5) is 0 Å². The van der Waals surface area contributed by atoms with Gasteiger partial charge in [0.1, 0.15) is 11.0 Å². The number of hydrogen-bond donors (Lipinski definition) is 0. The smallest absolute Gasteiger partial charge is 0.144 e. The van der Waals surface area contributed by atoms with E-state index in [2.05, 4.69) is 9.97 Å². The van der Waals surface area contributed by atoms with Gasteiger partial charge in [-0.25, -0.2) is 9.97 Å². The van der Waals surface area contributed by atoms with Crippen molar-refractivity contribution in [2.45, 2.75) is 12.2 Å². The van der Waals surface area contributed by atoms with Gasteiger partial charge in [-0.1, -0.05) is 11.6 Å². The average Bonchev–Trinajstić information content (AvgIpc) is 2.18. The molecule has 0 aromatic carbocycles. The highest BCUT2D eigenvalue weighted by molar-refractivity contribution is 8.06. The summed E-state index contributed by atoms with van der Waals surface area (Å²) in [6.45, 7) is 1.96. The van der Waals surface area contributed by atoms with Crippen molar-refractivity contribution in [3.63, 3.8) is 0 Å². The lowest BCUT2D eigenvalue weighted by Gasteiger charge is -2.19. The van der Waals surface area contributed by atoms with Crippen LogP contribution in [-0.2, 0) is 0 Å². The summed E-state index contributed by atoms with van der Waals surface area (Å²) in [6, 6.07) is 1.80. The third kappa shape index (κ3) is 2.55. The largest absolute Gasteiger partial charge is 0.237 e. The molecule has 1 aromatic rings. The molecule has 5 heteroatoms. The second-order valence-corrected chi connectivity index (χ2v) is 5.97. The summed E-state index contributed by atoms with van der Waals surface area (Å²) in [4.78, 5) is 8.71. The van der Waals surface area contributed by atoms with Gasteiger partial charge in [-0.3, -0.25) is 0 Å². The zero-order valence-corrected chi connectivity index (χ0v) is 10.3. The molecule has 0 saturated carbocycles. The molecule has 0 N–H and O–H groups in total. The second kappa shape index (κ2) is 4.73. The van der Waals surface area contributed by atoms with Gasteiger partial charge in [0.15, 0.2) is 0 Å². The van der Waals surface area contributed by atoms with Crippen molar-refractivity contribution in [3.05, 3.63) is 22.7 Å². The lowest BCUT2D eigenvalue weighted by atomic mass is 10.4. The Kier molecular flexibility index (Phi) is 3.57. The van der Waals surface area contributed by atoms with Gasteiger partial charge in [-0.15, -0.1) is 11.8 Å². The molecule has 0 bridgehead atoms. The van der Waals surface area contributed by atoms with Crippen LogP contribution in [0.25, 0.3) is 0 Å². The Balaban J connectivity index is 2.21. The number of aryl methyl sites for hydroxylation is 1. The van der Waals surface area contributed by atoms with Crippen molar-refractivity contribution in [1.29, 1.82) is 0 Å². The molecule has 2 rings (SSSR count). The predicted molar refractivity (Wildman–Crippen MR) is 64.3 cm³/mol. The SMILES string of the molecule is Cc1cc(Cl)nc(C2CSCCS2)n1. The van der Waals surface area contributed by atoms with Gasteiger partial charge >= 0.3 is 0 Å². The van der Waals surface area contributed by atoms with E-state index < -0.39 is 0 Å². The first-order valence-corrected chi connectivity index (χ1v) is 7.04. The van der Waals surface area contributed by atoms with Gasteiger partial charge < -0.3 is 0 Å². The molecule has 0 amide bonds. The Morgan fingerprint density at radius 1 is 1.43 bits per heavy atom. The second-order valence-electron chi connectivity index (χ2n) is 3.12. The first kappa shape index (κ1) is 10.6. The highest BCUT2D eigenvalue weighted by atomic mass is 35.5. The molecule has 2 heterocycles. The van der Waals surface area contributed by atoms with Gasteiger partial charge in [0.05, 0.1) is 5.25 Å². The van der Waals surface area contributed by atoms with Crippen molar-refractivity contribution >= 4 is 35.1 Å². The van der Waals surface area contributed by atoms with Gasteiger partial charge in [0.2, 0.25) is 0 Å². The van der Waals surface area contributed by atoms with E-state index in [4.69, 9.17) is 11.6 Å². The molecule has 1 aliphatic rings. The van der Waals surface area contributed by atoms with E-state index in [0.717, 1.165) is 17.3 Å². The molecule has 1 saturated heterocycles. The van der Waals surface area contributed by atoms with Gasteiger partial charge in [0, 0.05) is 23.0 Å². The summed E-state index contributed by atoms with van der Waals surface area (Å²) < 4.78 is 0. The van der Waals surface area contributed by atoms with E-state index in [-0.39, 0.29) is 0 Å². The Morgan fingerprint density at radius 3 is 2.93 bits per heavy atom. The zero-order valence-electron chi connectivity index (χ0n) is 7.86. The fraction of sp³-hybridized carbons (Fsp3) is 0.556. The van der Waals surface area contributed by atoms with E-state index in [1.165, 1.54) is 11.5 Å². The van der Waals surface area contributed by atoms with Crippen molar-refractivity contribution in [3.8, 4) is 0 Å². The standard InChI is InChI=1S/C9H11ClN2S2/c1-6-4-8(10)12-9(11-6)7-5-13-2-3-14-7/h4,7H,2-3,5H2,1H3. The minimum Gasteiger partial charge on any atom is -0.237 e. The number of thioether (sulfide) groups is 2. The van der Waals surface area contributed by atoms with Crippen LogP contribution in [0.1, 0.15) is 16.8 Å². The third-order valence-corrected chi connectivity index (χ3v) is 4.89. The quantitative estimate of drug-likeness (QED) is 0.712. The molecule has 76 valence electrons. The van der Waals surface area contributed by atoms with E-state index >= 15 is 0 Å². The molecular formula is C9H11ClN2S2. The van der Waals surface area contributed by atoms with Crippen LogP contribution in [0.3, 0.4) is 0 Å². The summed E-state index contributed by atoms with van der Waals surface area (Å²) in [5.41, 5.74) is 0.955. The molecule has 1 aromatic heterocycles. The molecule has 1 unspecified atom stereocenters. The van der Waals surface area contributed by atoms with Crippen molar-refractivity contribution in [2.24, 2.45) is 0 Å². The summed E-state index contributed by atoms with van der Waals surface area (Å²) in [5.74, 6) is 4.42.